The van der Waals surface area contributed by atoms with E-state index in [0.29, 0.717) is 12.5 Å². The molecule has 1 atom stereocenters. The summed E-state index contributed by atoms with van der Waals surface area (Å²) in [5.74, 6) is 0.398. The maximum atomic E-state index is 13.3. The topological polar surface area (TPSA) is 24.5 Å². The summed E-state index contributed by atoms with van der Waals surface area (Å²) < 4.78 is 18.8. The molecule has 1 saturated heterocycles. The van der Waals surface area contributed by atoms with Gasteiger partial charge in [-0.05, 0) is 49.6 Å². The van der Waals surface area contributed by atoms with E-state index in [1.54, 1.807) is 6.07 Å². The normalized spacial score (nSPS) is 19.4. The number of anilines is 1. The fraction of sp³-hybridized carbons (Fsp3) is 0.600. The lowest BCUT2D eigenvalue weighted by molar-refractivity contribution is 0.0576. The van der Waals surface area contributed by atoms with Crippen molar-refractivity contribution in [3.63, 3.8) is 0 Å². The van der Waals surface area contributed by atoms with Crippen molar-refractivity contribution in [2.75, 3.05) is 38.8 Å². The first-order valence-electron chi connectivity index (χ1n) is 6.92. The molecule has 0 spiro atoms. The van der Waals surface area contributed by atoms with E-state index in [1.165, 1.54) is 12.5 Å². The Morgan fingerprint density at radius 1 is 1.47 bits per heavy atom. The van der Waals surface area contributed by atoms with Crippen molar-refractivity contribution in [1.82, 2.24) is 5.32 Å². The molecule has 1 aromatic carbocycles. The van der Waals surface area contributed by atoms with E-state index in [0.717, 1.165) is 37.4 Å². The number of hydrogen-bond donors (Lipinski definition) is 1. The Kier molecular flexibility index (Phi) is 5.16. The van der Waals surface area contributed by atoms with Gasteiger partial charge >= 0.3 is 0 Å². The summed E-state index contributed by atoms with van der Waals surface area (Å²) in [6.45, 7) is 3.37. The summed E-state index contributed by atoms with van der Waals surface area (Å²) in [6, 6.07) is 5.01. The molecule has 1 unspecified atom stereocenters. The highest BCUT2D eigenvalue weighted by Gasteiger charge is 2.17. The maximum absolute atomic E-state index is 13.3. The Hall–Kier alpha value is -1.13. The van der Waals surface area contributed by atoms with E-state index in [-0.39, 0.29) is 5.82 Å². The van der Waals surface area contributed by atoms with E-state index >= 15 is 0 Å². The number of benzene rings is 1. The lowest BCUT2D eigenvalue weighted by Gasteiger charge is -2.29. The molecule has 0 aliphatic carbocycles. The molecule has 0 bridgehead atoms. The van der Waals surface area contributed by atoms with Gasteiger partial charge in [-0.15, -0.1) is 0 Å². The second kappa shape index (κ2) is 6.87. The summed E-state index contributed by atoms with van der Waals surface area (Å²) in [5.41, 5.74) is 2.10. The van der Waals surface area contributed by atoms with Crippen molar-refractivity contribution in [1.29, 1.82) is 0 Å². The molecule has 1 fully saturated rings. The van der Waals surface area contributed by atoms with Crippen molar-refractivity contribution in [3.8, 4) is 0 Å². The van der Waals surface area contributed by atoms with Crippen LogP contribution in [0.1, 0.15) is 18.4 Å². The van der Waals surface area contributed by atoms with Crippen molar-refractivity contribution in [2.24, 2.45) is 5.92 Å². The minimum absolute atomic E-state index is 0.177. The van der Waals surface area contributed by atoms with E-state index in [2.05, 4.69) is 17.3 Å². The van der Waals surface area contributed by atoms with Gasteiger partial charge in [0.25, 0.3) is 0 Å². The van der Waals surface area contributed by atoms with Gasteiger partial charge in [0.2, 0.25) is 0 Å². The lowest BCUT2D eigenvalue weighted by Crippen LogP contribution is -2.31. The van der Waals surface area contributed by atoms with Gasteiger partial charge in [0.15, 0.2) is 0 Å². The molecule has 1 aromatic rings. The third kappa shape index (κ3) is 3.91. The quantitative estimate of drug-likeness (QED) is 0.885. The molecule has 1 aliphatic rings. The summed E-state index contributed by atoms with van der Waals surface area (Å²) in [6.07, 6.45) is 2.36. The van der Waals surface area contributed by atoms with E-state index in [1.807, 2.05) is 13.1 Å². The van der Waals surface area contributed by atoms with Gasteiger partial charge in [0.1, 0.15) is 5.82 Å². The number of nitrogens with zero attached hydrogens (tertiary/aromatic N) is 1. The van der Waals surface area contributed by atoms with Crippen LogP contribution < -0.4 is 10.2 Å². The molecule has 2 rings (SSSR count). The summed E-state index contributed by atoms with van der Waals surface area (Å²) >= 11 is 0. The third-order valence-corrected chi connectivity index (χ3v) is 3.61. The number of ether oxygens (including phenoxy) is 1. The molecule has 19 heavy (non-hydrogen) atoms. The highest BCUT2D eigenvalue weighted by atomic mass is 19.1. The van der Waals surface area contributed by atoms with Crippen LogP contribution in [0.4, 0.5) is 10.1 Å². The van der Waals surface area contributed by atoms with Crippen LogP contribution in [0.25, 0.3) is 0 Å². The molecule has 106 valence electrons. The molecule has 1 aliphatic heterocycles. The Labute approximate surface area is 114 Å². The summed E-state index contributed by atoms with van der Waals surface area (Å²) in [4.78, 5) is 2.21. The average Bonchev–Trinajstić information content (AvgIpc) is 2.40. The first kappa shape index (κ1) is 14.3. The minimum atomic E-state index is -0.177. The molecule has 1 N–H and O–H groups in total. The molecular formula is C15H23FN2O. The zero-order chi connectivity index (χ0) is 13.7. The molecule has 1 heterocycles. The predicted molar refractivity (Wildman–Crippen MR) is 76.0 cm³/mol. The van der Waals surface area contributed by atoms with Crippen LogP contribution >= 0.6 is 0 Å². The third-order valence-electron chi connectivity index (χ3n) is 3.61. The number of hydrogen-bond acceptors (Lipinski definition) is 3. The lowest BCUT2D eigenvalue weighted by atomic mass is 10.0. The van der Waals surface area contributed by atoms with Gasteiger partial charge in [0, 0.05) is 32.4 Å². The number of nitrogens with one attached hydrogen (secondary N) is 1. The fourth-order valence-corrected chi connectivity index (χ4v) is 2.70. The maximum Gasteiger partial charge on any atom is 0.123 e. The van der Waals surface area contributed by atoms with Crippen molar-refractivity contribution in [2.45, 2.75) is 19.4 Å². The zero-order valence-corrected chi connectivity index (χ0v) is 11.8. The SMILES string of the molecule is CNCc1cc(F)ccc1N(C)CC1CCCOC1. The first-order chi connectivity index (χ1) is 9.20. The second-order valence-corrected chi connectivity index (χ2v) is 5.27. The van der Waals surface area contributed by atoms with Gasteiger partial charge in [-0.3, -0.25) is 0 Å². The molecule has 3 nitrogen and oxygen atoms in total. The summed E-state index contributed by atoms with van der Waals surface area (Å²) in [5, 5.41) is 3.09. The fourth-order valence-electron chi connectivity index (χ4n) is 2.70. The van der Waals surface area contributed by atoms with E-state index in [9.17, 15) is 4.39 Å². The molecule has 0 amide bonds. The average molecular weight is 266 g/mol. The van der Waals surface area contributed by atoms with Crippen molar-refractivity contribution >= 4 is 5.69 Å². The minimum Gasteiger partial charge on any atom is -0.381 e. The van der Waals surface area contributed by atoms with Gasteiger partial charge in [-0.2, -0.15) is 0 Å². The molecule has 0 aromatic heterocycles. The zero-order valence-electron chi connectivity index (χ0n) is 11.8. The molecule has 4 heteroatoms. The molecule has 0 radical (unpaired) electrons. The van der Waals surface area contributed by atoms with Crippen LogP contribution in [-0.4, -0.2) is 33.9 Å². The number of halogens is 1. The highest BCUT2D eigenvalue weighted by Crippen LogP contribution is 2.23. The van der Waals surface area contributed by atoms with Gasteiger partial charge in [0.05, 0.1) is 6.61 Å². The van der Waals surface area contributed by atoms with Crippen LogP contribution in [0.15, 0.2) is 18.2 Å². The van der Waals surface area contributed by atoms with Gasteiger partial charge < -0.3 is 15.0 Å². The standard InChI is InChI=1S/C15H23FN2O/c1-17-9-13-8-14(16)5-6-15(13)18(2)10-12-4-3-7-19-11-12/h5-6,8,12,17H,3-4,7,9-11H2,1-2H3. The Morgan fingerprint density at radius 3 is 3.00 bits per heavy atom. The Morgan fingerprint density at radius 2 is 2.32 bits per heavy atom. The Balaban J connectivity index is 2.06. The van der Waals surface area contributed by atoms with Crippen LogP contribution in [-0.2, 0) is 11.3 Å². The number of rotatable bonds is 5. The summed E-state index contributed by atoms with van der Waals surface area (Å²) in [7, 11) is 3.95. The van der Waals surface area contributed by atoms with Crippen LogP contribution in [0.2, 0.25) is 0 Å². The van der Waals surface area contributed by atoms with Gasteiger partial charge in [-0.1, -0.05) is 0 Å². The van der Waals surface area contributed by atoms with Gasteiger partial charge in [-0.25, -0.2) is 4.39 Å². The predicted octanol–water partition coefficient (Wildman–Crippen LogP) is 2.41. The molecular weight excluding hydrogens is 243 g/mol. The smallest absolute Gasteiger partial charge is 0.123 e. The second-order valence-electron chi connectivity index (χ2n) is 5.27. The monoisotopic (exact) mass is 266 g/mol. The van der Waals surface area contributed by atoms with Crippen LogP contribution in [0, 0.1) is 11.7 Å². The highest BCUT2D eigenvalue weighted by molar-refractivity contribution is 5.53. The Bertz CT molecular complexity index is 405. The molecule has 0 saturated carbocycles. The van der Waals surface area contributed by atoms with Crippen molar-refractivity contribution in [3.05, 3.63) is 29.6 Å². The van der Waals surface area contributed by atoms with Crippen LogP contribution in [0.5, 0.6) is 0 Å². The van der Waals surface area contributed by atoms with E-state index < -0.39 is 0 Å². The largest absolute Gasteiger partial charge is 0.381 e. The first-order valence-corrected chi connectivity index (χ1v) is 6.92. The van der Waals surface area contributed by atoms with Crippen molar-refractivity contribution < 1.29 is 9.13 Å². The van der Waals surface area contributed by atoms with E-state index in [4.69, 9.17) is 4.74 Å². The van der Waals surface area contributed by atoms with Crippen LogP contribution in [0.3, 0.4) is 0 Å².